The molecule has 1 aliphatic carbocycles. The van der Waals surface area contributed by atoms with Crippen LogP contribution in [0, 0.1) is 13.8 Å². The van der Waals surface area contributed by atoms with Crippen molar-refractivity contribution in [2.75, 3.05) is 11.1 Å². The fourth-order valence-corrected chi connectivity index (χ4v) is 4.17. The van der Waals surface area contributed by atoms with Crippen LogP contribution in [-0.2, 0) is 4.79 Å². The highest BCUT2D eigenvalue weighted by Gasteiger charge is 2.16. The first-order valence-corrected chi connectivity index (χ1v) is 8.67. The molecule has 1 N–H and O–H groups in total. The Morgan fingerprint density at radius 1 is 1.30 bits per heavy atom. The van der Waals surface area contributed by atoms with Crippen LogP contribution in [0.15, 0.2) is 12.1 Å². The average molecular weight is 312 g/mol. The molecule has 110 valence electrons. The summed E-state index contributed by atoms with van der Waals surface area (Å²) in [5.41, 5.74) is 2.89. The highest BCUT2D eigenvalue weighted by atomic mass is 35.5. The average Bonchev–Trinajstić information content (AvgIpc) is 2.42. The lowest BCUT2D eigenvalue weighted by Gasteiger charge is -2.20. The summed E-state index contributed by atoms with van der Waals surface area (Å²) < 4.78 is 0. The van der Waals surface area contributed by atoms with Gasteiger partial charge in [-0.3, -0.25) is 4.79 Å². The van der Waals surface area contributed by atoms with Crippen molar-refractivity contribution in [3.8, 4) is 0 Å². The Hall–Kier alpha value is -0.670. The Morgan fingerprint density at radius 3 is 2.65 bits per heavy atom. The van der Waals surface area contributed by atoms with Crippen molar-refractivity contribution in [1.82, 2.24) is 0 Å². The lowest BCUT2D eigenvalue weighted by molar-refractivity contribution is -0.113. The molecule has 2 rings (SSSR count). The molecule has 1 aliphatic rings. The first-order chi connectivity index (χ1) is 9.56. The summed E-state index contributed by atoms with van der Waals surface area (Å²) in [5, 5.41) is 4.23. The van der Waals surface area contributed by atoms with Crippen molar-refractivity contribution in [3.63, 3.8) is 0 Å². The van der Waals surface area contributed by atoms with E-state index in [0.29, 0.717) is 16.0 Å². The van der Waals surface area contributed by atoms with Gasteiger partial charge in [0.1, 0.15) is 0 Å². The number of thioether (sulfide) groups is 1. The maximum atomic E-state index is 12.1. The summed E-state index contributed by atoms with van der Waals surface area (Å²) in [7, 11) is 0. The predicted octanol–water partition coefficient (Wildman–Crippen LogP) is 4.96. The molecule has 0 atom stereocenters. The maximum Gasteiger partial charge on any atom is 0.234 e. The third kappa shape index (κ3) is 4.42. The molecule has 0 unspecified atom stereocenters. The number of amides is 1. The van der Waals surface area contributed by atoms with Crippen LogP contribution in [0.1, 0.15) is 43.2 Å². The molecule has 0 aromatic heterocycles. The molecule has 1 aromatic carbocycles. The number of hydrogen-bond donors (Lipinski definition) is 1. The molecule has 1 amide bonds. The van der Waals surface area contributed by atoms with Crippen LogP contribution in [0.3, 0.4) is 0 Å². The standard InChI is InChI=1S/C16H22ClNOS/c1-11-8-12(2)16(14(17)9-11)18-15(19)10-20-13-6-4-3-5-7-13/h8-9,13H,3-7,10H2,1-2H3,(H,18,19). The zero-order chi connectivity index (χ0) is 14.5. The second-order valence-electron chi connectivity index (χ2n) is 5.56. The van der Waals surface area contributed by atoms with E-state index < -0.39 is 0 Å². The van der Waals surface area contributed by atoms with Crippen LogP contribution in [0.4, 0.5) is 5.69 Å². The van der Waals surface area contributed by atoms with Gasteiger partial charge in [-0.1, -0.05) is 36.9 Å². The fourth-order valence-electron chi connectivity index (χ4n) is 2.67. The predicted molar refractivity (Wildman–Crippen MR) is 88.9 cm³/mol. The van der Waals surface area contributed by atoms with Gasteiger partial charge in [-0.25, -0.2) is 0 Å². The van der Waals surface area contributed by atoms with Gasteiger partial charge in [0.25, 0.3) is 0 Å². The molecule has 2 nitrogen and oxygen atoms in total. The van der Waals surface area contributed by atoms with Gasteiger partial charge < -0.3 is 5.32 Å². The Kier molecular flexibility index (Phi) is 5.79. The van der Waals surface area contributed by atoms with E-state index in [0.717, 1.165) is 16.8 Å². The molecule has 1 saturated carbocycles. The third-order valence-corrected chi connectivity index (χ3v) is 5.37. The first-order valence-electron chi connectivity index (χ1n) is 7.24. The second kappa shape index (κ2) is 7.37. The monoisotopic (exact) mass is 311 g/mol. The topological polar surface area (TPSA) is 29.1 Å². The van der Waals surface area contributed by atoms with Gasteiger partial charge in [0, 0.05) is 5.25 Å². The Balaban J connectivity index is 1.88. The molecule has 0 bridgehead atoms. The van der Waals surface area contributed by atoms with Crippen LogP contribution in [0.2, 0.25) is 5.02 Å². The molecule has 0 saturated heterocycles. The number of benzene rings is 1. The number of carbonyl (C=O) groups excluding carboxylic acids is 1. The van der Waals surface area contributed by atoms with Gasteiger partial charge in [0.05, 0.1) is 16.5 Å². The number of rotatable bonds is 4. The van der Waals surface area contributed by atoms with E-state index in [1.165, 1.54) is 32.1 Å². The summed E-state index contributed by atoms with van der Waals surface area (Å²) >= 11 is 7.99. The van der Waals surface area contributed by atoms with E-state index in [9.17, 15) is 4.79 Å². The molecule has 1 aromatic rings. The minimum Gasteiger partial charge on any atom is -0.324 e. The SMILES string of the molecule is Cc1cc(C)c(NC(=O)CSC2CCCCC2)c(Cl)c1. The molecular formula is C16H22ClNOS. The van der Waals surface area contributed by atoms with E-state index >= 15 is 0 Å². The lowest BCUT2D eigenvalue weighted by atomic mass is 10.0. The number of hydrogen-bond acceptors (Lipinski definition) is 2. The van der Waals surface area contributed by atoms with Crippen molar-refractivity contribution in [2.45, 2.75) is 51.2 Å². The maximum absolute atomic E-state index is 12.1. The normalized spacial score (nSPS) is 16.1. The molecule has 4 heteroatoms. The Bertz CT molecular complexity index is 460. The second-order valence-corrected chi connectivity index (χ2v) is 7.25. The zero-order valence-electron chi connectivity index (χ0n) is 12.2. The van der Waals surface area contributed by atoms with Crippen molar-refractivity contribution in [3.05, 3.63) is 28.3 Å². The summed E-state index contributed by atoms with van der Waals surface area (Å²) in [4.78, 5) is 12.1. The number of aryl methyl sites for hydroxylation is 2. The first kappa shape index (κ1) is 15.7. The molecule has 1 fully saturated rings. The summed E-state index contributed by atoms with van der Waals surface area (Å²) in [6.07, 6.45) is 6.47. The fraction of sp³-hybridized carbons (Fsp3) is 0.562. The minimum atomic E-state index is 0.0504. The van der Waals surface area contributed by atoms with E-state index in [2.05, 4.69) is 5.32 Å². The Morgan fingerprint density at radius 2 is 2.00 bits per heavy atom. The van der Waals surface area contributed by atoms with E-state index in [-0.39, 0.29) is 5.91 Å². The van der Waals surface area contributed by atoms with Gasteiger partial charge in [-0.05, 0) is 43.9 Å². The highest BCUT2D eigenvalue weighted by Crippen LogP contribution is 2.30. The van der Waals surface area contributed by atoms with Gasteiger partial charge >= 0.3 is 0 Å². The van der Waals surface area contributed by atoms with Crippen LogP contribution >= 0.6 is 23.4 Å². The van der Waals surface area contributed by atoms with Crippen molar-refractivity contribution in [1.29, 1.82) is 0 Å². The third-order valence-electron chi connectivity index (χ3n) is 3.70. The van der Waals surface area contributed by atoms with Gasteiger partial charge in [-0.2, -0.15) is 0 Å². The molecular weight excluding hydrogens is 290 g/mol. The number of halogens is 1. The van der Waals surface area contributed by atoms with Crippen LogP contribution in [-0.4, -0.2) is 16.9 Å². The molecule has 0 spiro atoms. The van der Waals surface area contributed by atoms with Crippen LogP contribution < -0.4 is 5.32 Å². The number of nitrogens with one attached hydrogen (secondary N) is 1. The Labute approximate surface area is 130 Å². The number of carbonyl (C=O) groups is 1. The van der Waals surface area contributed by atoms with Gasteiger partial charge in [0.2, 0.25) is 5.91 Å². The summed E-state index contributed by atoms with van der Waals surface area (Å²) in [5.74, 6) is 0.573. The van der Waals surface area contributed by atoms with Crippen LogP contribution in [0.25, 0.3) is 0 Å². The van der Waals surface area contributed by atoms with Crippen molar-refractivity contribution < 1.29 is 4.79 Å². The smallest absolute Gasteiger partial charge is 0.234 e. The minimum absolute atomic E-state index is 0.0504. The number of anilines is 1. The van der Waals surface area contributed by atoms with E-state index in [1.807, 2.05) is 26.0 Å². The lowest BCUT2D eigenvalue weighted by Crippen LogP contribution is -2.18. The van der Waals surface area contributed by atoms with Crippen molar-refractivity contribution in [2.24, 2.45) is 0 Å². The van der Waals surface area contributed by atoms with E-state index in [1.54, 1.807) is 11.8 Å². The van der Waals surface area contributed by atoms with Gasteiger partial charge in [0.15, 0.2) is 0 Å². The zero-order valence-corrected chi connectivity index (χ0v) is 13.7. The largest absolute Gasteiger partial charge is 0.324 e. The highest BCUT2D eigenvalue weighted by molar-refractivity contribution is 8.00. The molecule has 0 radical (unpaired) electrons. The summed E-state index contributed by atoms with van der Waals surface area (Å²) in [6, 6.07) is 3.92. The van der Waals surface area contributed by atoms with E-state index in [4.69, 9.17) is 11.6 Å². The molecule has 0 aliphatic heterocycles. The summed E-state index contributed by atoms with van der Waals surface area (Å²) in [6.45, 7) is 3.98. The quantitative estimate of drug-likeness (QED) is 0.851. The molecule has 20 heavy (non-hydrogen) atoms. The molecule has 0 heterocycles. The van der Waals surface area contributed by atoms with Crippen LogP contribution in [0.5, 0.6) is 0 Å². The van der Waals surface area contributed by atoms with Crippen molar-refractivity contribution >= 4 is 35.0 Å². The van der Waals surface area contributed by atoms with Gasteiger partial charge in [-0.15, -0.1) is 11.8 Å².